The van der Waals surface area contributed by atoms with E-state index in [0.29, 0.717) is 11.8 Å². The van der Waals surface area contributed by atoms with Crippen molar-refractivity contribution in [1.29, 1.82) is 0 Å². The van der Waals surface area contributed by atoms with Crippen LogP contribution in [0.4, 0.5) is 0 Å². The van der Waals surface area contributed by atoms with Gasteiger partial charge in [-0.05, 0) is 24.7 Å². The van der Waals surface area contributed by atoms with Crippen molar-refractivity contribution < 1.29 is 76.0 Å². The van der Waals surface area contributed by atoms with Crippen LogP contribution < -0.4 is 56.3 Å². The van der Waals surface area contributed by atoms with Crippen LogP contribution in [0.5, 0.6) is 0 Å². The molecule has 2 unspecified atom stereocenters. The number of hydrogen-bond donors (Lipinski definition) is 0. The normalized spacial score (nSPS) is 15.9. The van der Waals surface area contributed by atoms with Crippen molar-refractivity contribution in [1.82, 2.24) is 0 Å². The third-order valence-corrected chi connectivity index (χ3v) is 4.95. The Labute approximate surface area is 186 Å². The van der Waals surface area contributed by atoms with E-state index in [9.17, 15) is 9.46 Å². The van der Waals surface area contributed by atoms with Gasteiger partial charge in [-0.25, -0.2) is 0 Å². The van der Waals surface area contributed by atoms with E-state index in [0.717, 1.165) is 51.4 Å². The first kappa shape index (κ1) is 29.4. The van der Waals surface area contributed by atoms with Crippen molar-refractivity contribution in [2.45, 2.75) is 79.1 Å². The van der Waals surface area contributed by atoms with Gasteiger partial charge in [0.05, 0.1) is 13.2 Å². The number of rotatable bonds is 14. The van der Waals surface area contributed by atoms with Crippen molar-refractivity contribution in [3.8, 4) is 0 Å². The van der Waals surface area contributed by atoms with Gasteiger partial charge >= 0.3 is 51.4 Å². The summed E-state index contributed by atoms with van der Waals surface area (Å²) in [6.07, 6.45) is 8.38. The van der Waals surface area contributed by atoms with Gasteiger partial charge in [-0.1, -0.05) is 66.2 Å². The SMILES string of the molecule is CCCCC(CC)COP(=O)([O-])OCC(CC)CCCC.[He].[K+]. The molecule has 0 amide bonds. The van der Waals surface area contributed by atoms with Gasteiger partial charge in [-0.15, -0.1) is 0 Å². The number of phosphoric ester groups is 1. The Morgan fingerprint density at radius 1 is 0.870 bits per heavy atom. The van der Waals surface area contributed by atoms with Crippen molar-refractivity contribution in [3.63, 3.8) is 0 Å². The molecule has 0 N–H and O–H groups in total. The van der Waals surface area contributed by atoms with Gasteiger partial charge in [-0.2, -0.15) is 0 Å². The Morgan fingerprint density at radius 3 is 1.48 bits per heavy atom. The van der Waals surface area contributed by atoms with Gasteiger partial charge in [0.1, 0.15) is 0 Å². The standard InChI is InChI=1S/C16H35O4P.He.K/c1-5-9-11-15(7-3)13-19-21(17,18)20-14-16(8-4)12-10-6-2;;/h15-16H,5-14H2,1-4H3,(H,17,18);;/q;;+1/p-1. The molecule has 0 aromatic carbocycles. The van der Waals surface area contributed by atoms with E-state index in [2.05, 4.69) is 27.7 Å². The molecule has 0 aromatic heterocycles. The average molecular weight is 365 g/mol. The van der Waals surface area contributed by atoms with Crippen molar-refractivity contribution >= 4 is 7.82 Å². The van der Waals surface area contributed by atoms with Crippen LogP contribution in [-0.4, -0.2) is 13.2 Å². The van der Waals surface area contributed by atoms with Crippen LogP contribution >= 0.6 is 7.82 Å². The Hall–Kier alpha value is 1.66. The molecule has 4 nitrogen and oxygen atoms in total. The maximum Gasteiger partial charge on any atom is 1.00 e. The summed E-state index contributed by atoms with van der Waals surface area (Å²) in [6.45, 7) is 8.91. The molecule has 130 valence electrons. The molecule has 23 heavy (non-hydrogen) atoms. The molecule has 0 aliphatic carbocycles. The van der Waals surface area contributed by atoms with E-state index < -0.39 is 7.82 Å². The monoisotopic (exact) mass is 364 g/mol. The minimum atomic E-state index is -4.14. The zero-order valence-corrected chi connectivity index (χ0v) is 20.0. The van der Waals surface area contributed by atoms with E-state index >= 15 is 0 Å². The van der Waals surface area contributed by atoms with Crippen molar-refractivity contribution in [3.05, 3.63) is 0 Å². The molecule has 0 rings (SSSR count). The summed E-state index contributed by atoms with van der Waals surface area (Å²) in [7, 11) is -4.14. The minimum Gasteiger partial charge on any atom is -0.756 e. The van der Waals surface area contributed by atoms with Gasteiger partial charge in [0.25, 0.3) is 7.82 Å². The van der Waals surface area contributed by atoms with Crippen molar-refractivity contribution in [2.24, 2.45) is 11.8 Å². The van der Waals surface area contributed by atoms with Crippen LogP contribution in [-0.2, 0) is 13.6 Å². The smallest absolute Gasteiger partial charge is 0.756 e. The summed E-state index contributed by atoms with van der Waals surface area (Å²) in [5, 5.41) is 0. The quantitative estimate of drug-likeness (QED) is 0.349. The van der Waals surface area contributed by atoms with Gasteiger partial charge in [0.15, 0.2) is 0 Å². The van der Waals surface area contributed by atoms with E-state index in [-0.39, 0.29) is 70.7 Å². The van der Waals surface area contributed by atoms with Crippen LogP contribution in [0.2, 0.25) is 0 Å². The molecule has 0 saturated heterocycles. The second-order valence-electron chi connectivity index (χ2n) is 5.87. The second kappa shape index (κ2) is 18.4. The number of unbranched alkanes of at least 4 members (excludes halogenated alkanes) is 2. The summed E-state index contributed by atoms with van der Waals surface area (Å²) < 4.78 is 21.9. The largest absolute Gasteiger partial charge is 1.00 e. The molecule has 0 aliphatic rings. The Bertz CT molecular complexity index is 271. The fourth-order valence-corrected chi connectivity index (χ4v) is 3.09. The van der Waals surface area contributed by atoms with E-state index in [1.807, 2.05) is 0 Å². The Balaban J connectivity index is -0.00000200. The zero-order chi connectivity index (χ0) is 16.1. The van der Waals surface area contributed by atoms with Crippen LogP contribution in [0.3, 0.4) is 0 Å². The molecule has 7 heteroatoms. The van der Waals surface area contributed by atoms with Crippen LogP contribution in [0.25, 0.3) is 0 Å². The van der Waals surface area contributed by atoms with Crippen LogP contribution in [0.1, 0.15) is 79.1 Å². The molecule has 0 aliphatic heterocycles. The molecule has 0 saturated carbocycles. The molecule has 0 fully saturated rings. The van der Waals surface area contributed by atoms with Crippen LogP contribution in [0, 0.1) is 18.0 Å². The zero-order valence-electron chi connectivity index (χ0n) is 16.0. The molecule has 0 aromatic rings. The van der Waals surface area contributed by atoms with Crippen molar-refractivity contribution in [2.75, 3.05) is 13.2 Å². The summed E-state index contributed by atoms with van der Waals surface area (Å²) in [6, 6.07) is 0. The second-order valence-corrected chi connectivity index (χ2v) is 7.28. The Morgan fingerprint density at radius 2 is 1.22 bits per heavy atom. The summed E-state index contributed by atoms with van der Waals surface area (Å²) >= 11 is 0. The summed E-state index contributed by atoms with van der Waals surface area (Å²) in [5.74, 6) is 0.607. The number of hydrogen-bond acceptors (Lipinski definition) is 4. The van der Waals surface area contributed by atoms with Crippen LogP contribution in [0.15, 0.2) is 0 Å². The molecule has 0 bridgehead atoms. The van der Waals surface area contributed by atoms with Gasteiger partial charge < -0.3 is 13.9 Å². The maximum atomic E-state index is 11.8. The first-order valence-corrected chi connectivity index (χ1v) is 10.0. The molecular weight excluding hydrogens is 330 g/mol. The van der Waals surface area contributed by atoms with E-state index in [1.54, 1.807) is 0 Å². The van der Waals surface area contributed by atoms with Gasteiger partial charge in [0.2, 0.25) is 0 Å². The fourth-order valence-electron chi connectivity index (χ4n) is 2.23. The fraction of sp³-hybridized carbons (Fsp3) is 1.00. The van der Waals surface area contributed by atoms with Gasteiger partial charge in [0, 0.05) is 6.15 Å². The predicted molar refractivity (Wildman–Crippen MR) is 86.1 cm³/mol. The molecular formula is C16H34HeKO4P. The topological polar surface area (TPSA) is 58.6 Å². The first-order valence-electron chi connectivity index (χ1n) is 8.59. The van der Waals surface area contributed by atoms with Gasteiger partial charge in [-0.3, -0.25) is 4.57 Å². The summed E-state index contributed by atoms with van der Waals surface area (Å²) in [5.41, 5.74) is 0. The third kappa shape index (κ3) is 16.9. The van der Waals surface area contributed by atoms with E-state index in [1.165, 1.54) is 0 Å². The molecule has 0 radical (unpaired) electrons. The maximum absolute atomic E-state index is 11.8. The number of phosphoric acid groups is 1. The Kier molecular flexibility index (Phi) is 23.6. The molecule has 2 atom stereocenters. The summed E-state index contributed by atoms with van der Waals surface area (Å²) in [4.78, 5) is 11.8. The molecule has 0 heterocycles. The van der Waals surface area contributed by atoms with E-state index in [4.69, 9.17) is 9.05 Å². The average Bonchev–Trinajstić information content (AvgIpc) is 2.47. The first-order chi connectivity index (χ1) is 9.99. The third-order valence-electron chi connectivity index (χ3n) is 4.02. The predicted octanol–water partition coefficient (Wildman–Crippen LogP) is 1.92. The minimum absolute atomic E-state index is 0. The molecule has 0 spiro atoms.